The molecular weight excluding hydrogens is 342 g/mol. The smallest absolute Gasteiger partial charge is 0.225 e. The molecule has 7 heteroatoms. The summed E-state index contributed by atoms with van der Waals surface area (Å²) in [5.74, 6) is 1.47. The van der Waals surface area contributed by atoms with Crippen LogP contribution in [0.15, 0.2) is 36.7 Å². The van der Waals surface area contributed by atoms with Crippen LogP contribution < -0.4 is 15.0 Å². The van der Waals surface area contributed by atoms with Gasteiger partial charge in [0.05, 0.1) is 12.8 Å². The first-order valence-corrected chi connectivity index (χ1v) is 9.34. The van der Waals surface area contributed by atoms with Gasteiger partial charge in [-0.15, -0.1) is 0 Å². The number of carbonyl (C=O) groups excluding carboxylic acids is 1. The number of nitrogens with one attached hydrogen (secondary N) is 1. The summed E-state index contributed by atoms with van der Waals surface area (Å²) in [6.07, 6.45) is 5.04. The molecule has 27 heavy (non-hydrogen) atoms. The molecule has 0 saturated carbocycles. The Hall–Kier alpha value is -2.67. The summed E-state index contributed by atoms with van der Waals surface area (Å²) in [6, 6.07) is 7.60. The minimum Gasteiger partial charge on any atom is -0.495 e. The molecule has 3 rings (SSSR count). The van der Waals surface area contributed by atoms with Gasteiger partial charge in [0.25, 0.3) is 0 Å². The van der Waals surface area contributed by atoms with E-state index in [1.807, 2.05) is 31.2 Å². The maximum Gasteiger partial charge on any atom is 0.225 e. The molecule has 2 heterocycles. The summed E-state index contributed by atoms with van der Waals surface area (Å²) in [4.78, 5) is 25.6. The van der Waals surface area contributed by atoms with Crippen molar-refractivity contribution in [2.75, 3.05) is 50.1 Å². The van der Waals surface area contributed by atoms with Gasteiger partial charge in [0, 0.05) is 45.0 Å². The molecule has 0 aliphatic carbocycles. The fourth-order valence-electron chi connectivity index (χ4n) is 3.24. The van der Waals surface area contributed by atoms with Crippen molar-refractivity contribution < 1.29 is 9.53 Å². The van der Waals surface area contributed by atoms with E-state index in [1.54, 1.807) is 19.5 Å². The molecular formula is C20H27N5O2. The molecule has 7 nitrogen and oxygen atoms in total. The van der Waals surface area contributed by atoms with E-state index in [9.17, 15) is 4.79 Å². The quantitative estimate of drug-likeness (QED) is 0.843. The third-order valence-electron chi connectivity index (χ3n) is 4.71. The van der Waals surface area contributed by atoms with Gasteiger partial charge >= 0.3 is 0 Å². The summed E-state index contributed by atoms with van der Waals surface area (Å²) in [5.41, 5.74) is 1.81. The zero-order valence-corrected chi connectivity index (χ0v) is 16.0. The predicted octanol–water partition coefficient (Wildman–Crippen LogP) is 2.33. The zero-order valence-electron chi connectivity index (χ0n) is 16.0. The van der Waals surface area contributed by atoms with Gasteiger partial charge in [-0.1, -0.05) is 6.07 Å². The van der Waals surface area contributed by atoms with Crippen LogP contribution in [0.3, 0.4) is 0 Å². The van der Waals surface area contributed by atoms with Crippen molar-refractivity contribution in [1.29, 1.82) is 0 Å². The highest BCUT2D eigenvalue weighted by atomic mass is 16.5. The van der Waals surface area contributed by atoms with E-state index in [0.717, 1.165) is 56.3 Å². The number of amides is 1. The number of nitrogens with zero attached hydrogens (tertiary/aromatic N) is 4. The molecule has 1 aromatic heterocycles. The SMILES string of the molecule is COc1ccc(C)cc1NC(=O)CCN1CCCN(c2ncccn2)CC1. The lowest BCUT2D eigenvalue weighted by Crippen LogP contribution is -2.33. The van der Waals surface area contributed by atoms with Crippen LogP contribution in [0.2, 0.25) is 0 Å². The topological polar surface area (TPSA) is 70.6 Å². The summed E-state index contributed by atoms with van der Waals surface area (Å²) in [5, 5.41) is 2.97. The maximum atomic E-state index is 12.4. The van der Waals surface area contributed by atoms with Crippen LogP contribution in [0, 0.1) is 6.92 Å². The molecule has 1 aliphatic heterocycles. The second-order valence-corrected chi connectivity index (χ2v) is 6.73. The third-order valence-corrected chi connectivity index (χ3v) is 4.71. The highest BCUT2D eigenvalue weighted by Gasteiger charge is 2.17. The number of methoxy groups -OCH3 is 1. The van der Waals surface area contributed by atoms with E-state index in [2.05, 4.69) is 25.1 Å². The number of hydrogen-bond donors (Lipinski definition) is 1. The van der Waals surface area contributed by atoms with Crippen LogP contribution in [-0.4, -0.2) is 60.6 Å². The number of carbonyl (C=O) groups is 1. The van der Waals surface area contributed by atoms with Gasteiger partial charge in [0.1, 0.15) is 5.75 Å². The first kappa shape index (κ1) is 19.1. The van der Waals surface area contributed by atoms with Gasteiger partial charge in [-0.2, -0.15) is 0 Å². The number of aromatic nitrogens is 2. The van der Waals surface area contributed by atoms with Crippen LogP contribution in [0.1, 0.15) is 18.4 Å². The first-order valence-electron chi connectivity index (χ1n) is 9.34. The molecule has 1 aromatic carbocycles. The van der Waals surface area contributed by atoms with Gasteiger partial charge in [-0.25, -0.2) is 9.97 Å². The van der Waals surface area contributed by atoms with Crippen LogP contribution in [-0.2, 0) is 4.79 Å². The zero-order chi connectivity index (χ0) is 19.1. The van der Waals surface area contributed by atoms with Crippen molar-refractivity contribution in [3.05, 3.63) is 42.2 Å². The fourth-order valence-corrected chi connectivity index (χ4v) is 3.24. The lowest BCUT2D eigenvalue weighted by molar-refractivity contribution is -0.116. The van der Waals surface area contributed by atoms with Gasteiger partial charge in [0.15, 0.2) is 0 Å². The minimum atomic E-state index is 0.00592. The van der Waals surface area contributed by atoms with Crippen molar-refractivity contribution in [2.45, 2.75) is 19.8 Å². The van der Waals surface area contributed by atoms with Crippen molar-refractivity contribution in [2.24, 2.45) is 0 Å². The first-order chi connectivity index (χ1) is 13.2. The molecule has 1 saturated heterocycles. The molecule has 0 bridgehead atoms. The molecule has 0 radical (unpaired) electrons. The van der Waals surface area contributed by atoms with Crippen molar-refractivity contribution in [3.63, 3.8) is 0 Å². The summed E-state index contributed by atoms with van der Waals surface area (Å²) in [6.45, 7) is 6.42. The number of ether oxygens (including phenoxy) is 1. The highest BCUT2D eigenvalue weighted by Crippen LogP contribution is 2.25. The monoisotopic (exact) mass is 369 g/mol. The number of benzene rings is 1. The molecule has 0 unspecified atom stereocenters. The van der Waals surface area contributed by atoms with Crippen molar-refractivity contribution in [1.82, 2.24) is 14.9 Å². The normalized spacial score (nSPS) is 15.3. The van der Waals surface area contributed by atoms with E-state index < -0.39 is 0 Å². The number of aryl methyl sites for hydroxylation is 1. The Morgan fingerprint density at radius 1 is 1.19 bits per heavy atom. The summed E-state index contributed by atoms with van der Waals surface area (Å²) in [7, 11) is 1.61. The minimum absolute atomic E-state index is 0.00592. The average molecular weight is 369 g/mol. The van der Waals surface area contributed by atoms with E-state index in [4.69, 9.17) is 4.74 Å². The molecule has 1 aliphatic rings. The van der Waals surface area contributed by atoms with Gasteiger partial charge < -0.3 is 19.9 Å². The second-order valence-electron chi connectivity index (χ2n) is 6.73. The Labute approximate surface area is 160 Å². The molecule has 144 valence electrons. The van der Waals surface area contributed by atoms with Gasteiger partial charge in [-0.3, -0.25) is 4.79 Å². The van der Waals surface area contributed by atoms with Crippen molar-refractivity contribution >= 4 is 17.5 Å². The Morgan fingerprint density at radius 3 is 2.78 bits per heavy atom. The Morgan fingerprint density at radius 2 is 2.00 bits per heavy atom. The van der Waals surface area contributed by atoms with E-state index >= 15 is 0 Å². The highest BCUT2D eigenvalue weighted by molar-refractivity contribution is 5.92. The van der Waals surface area contributed by atoms with Crippen LogP contribution >= 0.6 is 0 Å². The van der Waals surface area contributed by atoms with E-state index in [1.165, 1.54) is 0 Å². The molecule has 1 N–H and O–H groups in total. The van der Waals surface area contributed by atoms with Gasteiger partial charge in [0.2, 0.25) is 11.9 Å². The molecule has 2 aromatic rings. The van der Waals surface area contributed by atoms with Crippen LogP contribution in [0.5, 0.6) is 5.75 Å². The largest absolute Gasteiger partial charge is 0.495 e. The number of anilines is 2. The lowest BCUT2D eigenvalue weighted by Gasteiger charge is -2.21. The molecule has 1 fully saturated rings. The van der Waals surface area contributed by atoms with Gasteiger partial charge in [-0.05, 0) is 43.7 Å². The van der Waals surface area contributed by atoms with Crippen molar-refractivity contribution in [3.8, 4) is 5.75 Å². The Balaban J connectivity index is 1.49. The third kappa shape index (κ3) is 5.40. The average Bonchev–Trinajstić information content (AvgIpc) is 2.93. The number of hydrogen-bond acceptors (Lipinski definition) is 6. The lowest BCUT2D eigenvalue weighted by atomic mass is 10.2. The molecule has 1 amide bonds. The Bertz CT molecular complexity index is 753. The Kier molecular flexibility index (Phi) is 6.59. The number of rotatable bonds is 6. The fraction of sp³-hybridized carbons (Fsp3) is 0.450. The van der Waals surface area contributed by atoms with Crippen LogP contribution in [0.25, 0.3) is 0 Å². The van der Waals surface area contributed by atoms with E-state index in [0.29, 0.717) is 12.2 Å². The predicted molar refractivity (Wildman–Crippen MR) is 106 cm³/mol. The van der Waals surface area contributed by atoms with Crippen LogP contribution in [0.4, 0.5) is 11.6 Å². The second kappa shape index (κ2) is 9.32. The molecule has 0 atom stereocenters. The molecule has 0 spiro atoms. The summed E-state index contributed by atoms with van der Waals surface area (Å²) >= 11 is 0. The maximum absolute atomic E-state index is 12.4. The van der Waals surface area contributed by atoms with E-state index in [-0.39, 0.29) is 5.91 Å². The standard InChI is InChI=1S/C20H27N5O2/c1-16-5-6-18(27-2)17(15-16)23-19(26)7-12-24-10-4-11-25(14-13-24)20-21-8-3-9-22-20/h3,5-6,8-9,15H,4,7,10-14H2,1-2H3,(H,23,26). The summed E-state index contributed by atoms with van der Waals surface area (Å²) < 4.78 is 5.32.